The minimum absolute atomic E-state index is 0.411. The Kier molecular flexibility index (Phi) is 3.28. The summed E-state index contributed by atoms with van der Waals surface area (Å²) >= 11 is 4.91. The minimum Gasteiger partial charge on any atom is -0.468 e. The average Bonchev–Trinajstić information content (AvgIpc) is 2.69. The van der Waals surface area contributed by atoms with Gasteiger partial charge in [-0.3, -0.25) is 0 Å². The lowest BCUT2D eigenvalue weighted by Gasteiger charge is -2.05. The quantitative estimate of drug-likeness (QED) is 0.868. The number of thiophene rings is 1. The van der Waals surface area contributed by atoms with E-state index in [1.807, 2.05) is 24.3 Å². The van der Waals surface area contributed by atoms with E-state index in [4.69, 9.17) is 5.73 Å². The molecule has 1 unspecified atom stereocenters. The van der Waals surface area contributed by atoms with Crippen LogP contribution >= 0.6 is 27.3 Å². The molecule has 1 atom stereocenters. The Morgan fingerprint density at radius 1 is 1.50 bits per heavy atom. The molecule has 0 saturated heterocycles. The number of hydrogen-bond donors (Lipinski definition) is 1. The Morgan fingerprint density at radius 2 is 2.25 bits per heavy atom. The van der Waals surface area contributed by atoms with E-state index in [1.165, 1.54) is 18.4 Å². The summed E-state index contributed by atoms with van der Waals surface area (Å²) in [5, 5.41) is 1.08. The van der Waals surface area contributed by atoms with Gasteiger partial charge in [-0.2, -0.15) is 0 Å². The van der Waals surface area contributed by atoms with Crippen molar-refractivity contribution < 1.29 is 9.53 Å². The molecule has 5 heteroatoms. The van der Waals surface area contributed by atoms with Crippen molar-refractivity contribution in [1.29, 1.82) is 0 Å². The van der Waals surface area contributed by atoms with Gasteiger partial charge in [0.2, 0.25) is 0 Å². The van der Waals surface area contributed by atoms with Crippen molar-refractivity contribution in [2.45, 2.75) is 6.04 Å². The predicted octanol–water partition coefficient (Wildman–Crippen LogP) is 2.84. The SMILES string of the molecule is COC(=O)C(N)c1cc2cc(Br)ccc2s1. The molecule has 0 bridgehead atoms. The topological polar surface area (TPSA) is 52.3 Å². The van der Waals surface area contributed by atoms with Gasteiger partial charge in [0.15, 0.2) is 0 Å². The molecule has 0 spiro atoms. The van der Waals surface area contributed by atoms with Crippen LogP contribution < -0.4 is 5.73 Å². The number of ether oxygens (including phenoxy) is 1. The van der Waals surface area contributed by atoms with Crippen molar-refractivity contribution in [3.8, 4) is 0 Å². The first-order valence-electron chi connectivity index (χ1n) is 4.64. The number of nitrogens with two attached hydrogens (primary N) is 1. The molecule has 0 aliphatic rings. The van der Waals surface area contributed by atoms with Gasteiger partial charge in [0, 0.05) is 14.0 Å². The van der Waals surface area contributed by atoms with Crippen LogP contribution in [0.3, 0.4) is 0 Å². The molecule has 0 amide bonds. The first-order chi connectivity index (χ1) is 7.61. The number of esters is 1. The Hall–Kier alpha value is -0.910. The van der Waals surface area contributed by atoms with Gasteiger partial charge in [0.05, 0.1) is 7.11 Å². The summed E-state index contributed by atoms with van der Waals surface area (Å²) in [7, 11) is 1.34. The maximum Gasteiger partial charge on any atom is 0.328 e. The van der Waals surface area contributed by atoms with Gasteiger partial charge in [0.1, 0.15) is 6.04 Å². The minimum atomic E-state index is -0.693. The largest absolute Gasteiger partial charge is 0.468 e. The molecule has 2 rings (SSSR count). The summed E-state index contributed by atoms with van der Waals surface area (Å²) in [5.41, 5.74) is 5.78. The van der Waals surface area contributed by atoms with E-state index < -0.39 is 12.0 Å². The van der Waals surface area contributed by atoms with Gasteiger partial charge < -0.3 is 10.5 Å². The third-order valence-electron chi connectivity index (χ3n) is 2.26. The molecule has 0 radical (unpaired) electrons. The van der Waals surface area contributed by atoms with Crippen molar-refractivity contribution in [3.05, 3.63) is 33.6 Å². The summed E-state index contributed by atoms with van der Waals surface area (Å²) in [6.45, 7) is 0. The molecule has 0 aliphatic heterocycles. The van der Waals surface area contributed by atoms with Crippen LogP contribution in [0.4, 0.5) is 0 Å². The molecule has 0 saturated carbocycles. The predicted molar refractivity (Wildman–Crippen MR) is 68.5 cm³/mol. The summed E-state index contributed by atoms with van der Waals surface area (Å²) < 4.78 is 6.74. The normalized spacial score (nSPS) is 12.7. The van der Waals surface area contributed by atoms with Gasteiger partial charge in [0.25, 0.3) is 0 Å². The van der Waals surface area contributed by atoms with Gasteiger partial charge in [-0.1, -0.05) is 15.9 Å². The molecule has 2 aromatic rings. The van der Waals surface area contributed by atoms with Gasteiger partial charge >= 0.3 is 5.97 Å². The zero-order chi connectivity index (χ0) is 11.7. The zero-order valence-electron chi connectivity index (χ0n) is 8.57. The number of methoxy groups -OCH3 is 1. The van der Waals surface area contributed by atoms with Crippen molar-refractivity contribution in [3.63, 3.8) is 0 Å². The van der Waals surface area contributed by atoms with Crippen LogP contribution in [-0.2, 0) is 9.53 Å². The maximum absolute atomic E-state index is 11.3. The van der Waals surface area contributed by atoms with Crippen molar-refractivity contribution in [2.75, 3.05) is 7.11 Å². The van der Waals surface area contributed by atoms with Crippen molar-refractivity contribution in [2.24, 2.45) is 5.73 Å². The van der Waals surface area contributed by atoms with E-state index in [0.717, 1.165) is 19.4 Å². The fraction of sp³-hybridized carbons (Fsp3) is 0.182. The lowest BCUT2D eigenvalue weighted by molar-refractivity contribution is -0.142. The molecule has 1 aromatic carbocycles. The summed E-state index contributed by atoms with van der Waals surface area (Å²) in [6.07, 6.45) is 0. The fourth-order valence-corrected chi connectivity index (χ4v) is 2.84. The van der Waals surface area contributed by atoms with Crippen LogP contribution in [0.5, 0.6) is 0 Å². The smallest absolute Gasteiger partial charge is 0.328 e. The second-order valence-corrected chi connectivity index (χ2v) is 5.36. The second-order valence-electron chi connectivity index (χ2n) is 3.33. The zero-order valence-corrected chi connectivity index (χ0v) is 11.0. The maximum atomic E-state index is 11.3. The Bertz CT molecular complexity index is 538. The molecule has 3 nitrogen and oxygen atoms in total. The van der Waals surface area contributed by atoms with E-state index in [2.05, 4.69) is 20.7 Å². The standard InChI is InChI=1S/C11H10BrNO2S/c1-15-11(14)10(13)9-5-6-4-7(12)2-3-8(6)16-9/h2-5,10H,13H2,1H3. The molecule has 1 aromatic heterocycles. The van der Waals surface area contributed by atoms with Gasteiger partial charge in [-0.15, -0.1) is 11.3 Å². The number of carbonyl (C=O) groups is 1. The number of hydrogen-bond acceptors (Lipinski definition) is 4. The number of rotatable bonds is 2. The highest BCUT2D eigenvalue weighted by atomic mass is 79.9. The molecule has 0 aliphatic carbocycles. The highest BCUT2D eigenvalue weighted by Crippen LogP contribution is 2.31. The molecule has 0 fully saturated rings. The van der Waals surface area contributed by atoms with Crippen molar-refractivity contribution >= 4 is 43.3 Å². The summed E-state index contributed by atoms with van der Waals surface area (Å²) in [5.74, 6) is -0.411. The Morgan fingerprint density at radius 3 is 2.94 bits per heavy atom. The van der Waals surface area contributed by atoms with Crippen LogP contribution in [0.1, 0.15) is 10.9 Å². The van der Waals surface area contributed by atoms with Crippen LogP contribution in [0, 0.1) is 0 Å². The lowest BCUT2D eigenvalue weighted by atomic mass is 10.2. The highest BCUT2D eigenvalue weighted by Gasteiger charge is 2.18. The molecule has 84 valence electrons. The van der Waals surface area contributed by atoms with Gasteiger partial charge in [-0.05, 0) is 29.7 Å². The van der Waals surface area contributed by atoms with Crippen molar-refractivity contribution in [1.82, 2.24) is 0 Å². The molecular formula is C11H10BrNO2S. The second kappa shape index (κ2) is 4.53. The van der Waals surface area contributed by atoms with E-state index in [0.29, 0.717) is 0 Å². The summed E-state index contributed by atoms with van der Waals surface area (Å²) in [4.78, 5) is 12.1. The third-order valence-corrected chi connectivity index (χ3v) is 3.95. The highest BCUT2D eigenvalue weighted by molar-refractivity contribution is 9.10. The Balaban J connectivity index is 2.43. The molecule has 2 N–H and O–H groups in total. The number of benzene rings is 1. The molecular weight excluding hydrogens is 290 g/mol. The van der Waals surface area contributed by atoms with E-state index >= 15 is 0 Å². The average molecular weight is 300 g/mol. The number of fused-ring (bicyclic) bond motifs is 1. The fourth-order valence-electron chi connectivity index (χ4n) is 1.43. The van der Waals surface area contributed by atoms with Crippen LogP contribution in [0.15, 0.2) is 28.7 Å². The van der Waals surface area contributed by atoms with Crippen LogP contribution in [-0.4, -0.2) is 13.1 Å². The van der Waals surface area contributed by atoms with E-state index in [1.54, 1.807) is 0 Å². The Labute approximate surface area is 105 Å². The lowest BCUT2D eigenvalue weighted by Crippen LogP contribution is -2.21. The monoisotopic (exact) mass is 299 g/mol. The van der Waals surface area contributed by atoms with E-state index in [9.17, 15) is 4.79 Å². The third kappa shape index (κ3) is 2.11. The first-order valence-corrected chi connectivity index (χ1v) is 6.25. The molecule has 16 heavy (non-hydrogen) atoms. The van der Waals surface area contributed by atoms with Gasteiger partial charge in [-0.25, -0.2) is 4.79 Å². The van der Waals surface area contributed by atoms with Crippen LogP contribution in [0.2, 0.25) is 0 Å². The summed E-state index contributed by atoms with van der Waals surface area (Å²) in [6, 6.07) is 7.19. The molecule has 1 heterocycles. The van der Waals surface area contributed by atoms with E-state index in [-0.39, 0.29) is 0 Å². The van der Waals surface area contributed by atoms with Crippen LogP contribution in [0.25, 0.3) is 10.1 Å². The number of carbonyl (C=O) groups excluding carboxylic acids is 1. The number of halogens is 1. The first kappa shape index (κ1) is 11.6.